The Kier molecular flexibility index (Phi) is 13.1. The van der Waals surface area contributed by atoms with Crippen molar-refractivity contribution in [3.63, 3.8) is 0 Å². The van der Waals surface area contributed by atoms with Gasteiger partial charge in [0.1, 0.15) is 0 Å². The Morgan fingerprint density at radius 3 is 1.71 bits per heavy atom. The number of cyclic esters (lactones) is 2. The van der Waals surface area contributed by atoms with Crippen molar-refractivity contribution in [2.75, 3.05) is 6.61 Å². The summed E-state index contributed by atoms with van der Waals surface area (Å²) >= 11 is 0. The molecule has 0 atom stereocenters. The van der Waals surface area contributed by atoms with Crippen molar-refractivity contribution in [1.29, 1.82) is 0 Å². The minimum atomic E-state index is -0.579. The van der Waals surface area contributed by atoms with Crippen LogP contribution in [0, 0.1) is 0 Å². The third kappa shape index (κ3) is 15.0. The Morgan fingerprint density at radius 1 is 1.10 bits per heavy atom. The summed E-state index contributed by atoms with van der Waals surface area (Å²) in [5.74, 6) is -1.99. The lowest BCUT2D eigenvalue weighted by Gasteiger charge is -1.90. The van der Waals surface area contributed by atoms with Crippen LogP contribution in [0.1, 0.15) is 6.92 Å². The third-order valence-corrected chi connectivity index (χ3v) is 1.38. The molecule has 0 aromatic rings. The molecule has 0 amide bonds. The molecule has 0 radical (unpaired) electrons. The van der Waals surface area contributed by atoms with Crippen LogP contribution in [-0.4, -0.2) is 30.5 Å². The maximum Gasteiger partial charge on any atom is 0.338 e. The van der Waals surface area contributed by atoms with Gasteiger partial charge in [0.05, 0.1) is 12.9 Å². The molecule has 0 saturated carbocycles. The first-order chi connectivity index (χ1) is 9.90. The number of ether oxygens (including phenoxy) is 3. The summed E-state index contributed by atoms with van der Waals surface area (Å²) in [7, 11) is 0. The van der Waals surface area contributed by atoms with E-state index in [1.807, 2.05) is 0 Å². The van der Waals surface area contributed by atoms with Gasteiger partial charge in [0.15, 0.2) is 0 Å². The van der Waals surface area contributed by atoms with E-state index in [1.54, 1.807) is 6.92 Å². The molecule has 0 saturated heterocycles. The molecule has 0 aliphatic carbocycles. The van der Waals surface area contributed by atoms with Gasteiger partial charge in [0.2, 0.25) is 0 Å². The fraction of sp³-hybridized carbons (Fsp3) is 0.143. The summed E-state index contributed by atoms with van der Waals surface area (Å²) in [4.78, 5) is 39.9. The maximum atomic E-state index is 10.1. The normalized spacial score (nSPS) is 10.7. The molecule has 1 aliphatic heterocycles. The number of carbonyl (C=O) groups excluding carboxylic acids is 4. The Balaban J connectivity index is 0. The third-order valence-electron chi connectivity index (χ3n) is 1.38. The average molecular weight is 296 g/mol. The van der Waals surface area contributed by atoms with Gasteiger partial charge in [0, 0.05) is 24.3 Å². The topological polar surface area (TPSA) is 96.0 Å². The maximum absolute atomic E-state index is 10.1. The van der Waals surface area contributed by atoms with Crippen LogP contribution in [0.3, 0.4) is 0 Å². The van der Waals surface area contributed by atoms with Crippen LogP contribution in [0.2, 0.25) is 0 Å². The van der Waals surface area contributed by atoms with Gasteiger partial charge in [-0.2, -0.15) is 0 Å². The highest BCUT2D eigenvalue weighted by atomic mass is 16.6. The van der Waals surface area contributed by atoms with E-state index in [0.29, 0.717) is 6.61 Å². The molecule has 1 rings (SSSR count). The van der Waals surface area contributed by atoms with Gasteiger partial charge in [-0.25, -0.2) is 19.2 Å². The predicted octanol–water partition coefficient (Wildman–Crippen LogP) is 1.22. The minimum absolute atomic E-state index is 0.359. The molecule has 7 heteroatoms. The highest BCUT2D eigenvalue weighted by molar-refractivity contribution is 6.04. The van der Waals surface area contributed by atoms with Crippen LogP contribution in [-0.2, 0) is 33.4 Å². The fourth-order valence-corrected chi connectivity index (χ4v) is 0.635. The van der Waals surface area contributed by atoms with E-state index in [2.05, 4.69) is 33.9 Å². The molecule has 0 unspecified atom stereocenters. The van der Waals surface area contributed by atoms with Crippen molar-refractivity contribution in [3.05, 3.63) is 50.3 Å². The Labute approximate surface area is 122 Å². The van der Waals surface area contributed by atoms with Crippen molar-refractivity contribution in [2.45, 2.75) is 6.92 Å². The highest BCUT2D eigenvalue weighted by Crippen LogP contribution is 1.92. The van der Waals surface area contributed by atoms with E-state index in [0.717, 1.165) is 30.6 Å². The number of hydrogen-bond acceptors (Lipinski definition) is 7. The van der Waals surface area contributed by atoms with Crippen LogP contribution in [0.25, 0.3) is 0 Å². The van der Waals surface area contributed by atoms with E-state index in [1.165, 1.54) is 0 Å². The first-order valence-electron chi connectivity index (χ1n) is 5.58. The summed E-state index contributed by atoms with van der Waals surface area (Å²) in [6.45, 7) is 11.7. The average Bonchev–Trinajstić information content (AvgIpc) is 2.84. The second-order valence-corrected chi connectivity index (χ2v) is 2.84. The molecule has 1 heterocycles. The highest BCUT2D eigenvalue weighted by Gasteiger charge is 2.10. The lowest BCUT2D eigenvalue weighted by atomic mass is 10.6. The SMILES string of the molecule is C=CC(=O)OCC.C=COC(=O)C=C.O=C1C=CC(=O)O1. The van der Waals surface area contributed by atoms with Gasteiger partial charge >= 0.3 is 23.9 Å². The summed E-state index contributed by atoms with van der Waals surface area (Å²) < 4.78 is 12.6. The number of hydrogen-bond donors (Lipinski definition) is 0. The Hall–Kier alpha value is -2.96. The monoisotopic (exact) mass is 296 g/mol. The van der Waals surface area contributed by atoms with E-state index < -0.39 is 17.9 Å². The Morgan fingerprint density at radius 2 is 1.57 bits per heavy atom. The van der Waals surface area contributed by atoms with Crippen molar-refractivity contribution in [1.82, 2.24) is 0 Å². The first-order valence-corrected chi connectivity index (χ1v) is 5.58. The second kappa shape index (κ2) is 13.5. The van der Waals surface area contributed by atoms with Crippen molar-refractivity contribution in [2.24, 2.45) is 0 Å². The van der Waals surface area contributed by atoms with Crippen LogP contribution >= 0.6 is 0 Å². The summed E-state index contributed by atoms with van der Waals surface area (Å²) in [5.41, 5.74) is 0. The standard InChI is InChI=1S/C5H8O2.C5H6O2.C4H2O3/c2*1-3-5(6)7-4-2;5-3-1-2-4(6)7-3/h3H,1,4H2,2H3;3-4H,1-2H2;1-2H. The molecule has 0 N–H and O–H groups in total. The van der Waals surface area contributed by atoms with Gasteiger partial charge < -0.3 is 14.2 Å². The van der Waals surface area contributed by atoms with Crippen LogP contribution in [0.5, 0.6) is 0 Å². The quantitative estimate of drug-likeness (QED) is 0.253. The van der Waals surface area contributed by atoms with Crippen molar-refractivity contribution in [3.8, 4) is 0 Å². The zero-order valence-corrected chi connectivity index (χ0v) is 11.6. The molecule has 0 fully saturated rings. The molecule has 7 nitrogen and oxygen atoms in total. The summed E-state index contributed by atoms with van der Waals surface area (Å²) in [5, 5.41) is 0. The van der Waals surface area contributed by atoms with E-state index in [4.69, 9.17) is 0 Å². The van der Waals surface area contributed by atoms with Crippen LogP contribution < -0.4 is 0 Å². The molecule has 0 aromatic carbocycles. The van der Waals surface area contributed by atoms with Crippen molar-refractivity contribution >= 4 is 23.9 Å². The molecular weight excluding hydrogens is 280 g/mol. The molecule has 1 aliphatic rings. The summed E-state index contributed by atoms with van der Waals surface area (Å²) in [6.07, 6.45) is 5.44. The smallest absolute Gasteiger partial charge is 0.338 e. The predicted molar refractivity (Wildman–Crippen MR) is 73.6 cm³/mol. The zero-order chi connectivity index (χ0) is 16.7. The van der Waals surface area contributed by atoms with Crippen LogP contribution in [0.4, 0.5) is 0 Å². The first kappa shape index (κ1) is 20.4. The van der Waals surface area contributed by atoms with Crippen LogP contribution in [0.15, 0.2) is 50.3 Å². The Bertz CT molecular complexity index is 427. The largest absolute Gasteiger partial charge is 0.463 e. The van der Waals surface area contributed by atoms with Crippen molar-refractivity contribution < 1.29 is 33.4 Å². The van der Waals surface area contributed by atoms with E-state index in [-0.39, 0.29) is 5.97 Å². The van der Waals surface area contributed by atoms with E-state index in [9.17, 15) is 19.2 Å². The molecule has 114 valence electrons. The molecule has 0 spiro atoms. The van der Waals surface area contributed by atoms with E-state index >= 15 is 0 Å². The number of esters is 4. The fourth-order valence-electron chi connectivity index (χ4n) is 0.635. The molecule has 0 bridgehead atoms. The number of carbonyl (C=O) groups is 4. The lowest BCUT2D eigenvalue weighted by Crippen LogP contribution is -1.97. The zero-order valence-electron chi connectivity index (χ0n) is 11.6. The van der Waals surface area contributed by atoms with Gasteiger partial charge in [-0.05, 0) is 6.92 Å². The number of rotatable bonds is 4. The lowest BCUT2D eigenvalue weighted by molar-refractivity contribution is -0.150. The second-order valence-electron chi connectivity index (χ2n) is 2.84. The minimum Gasteiger partial charge on any atom is -0.463 e. The van der Waals surface area contributed by atoms with Gasteiger partial charge in [-0.1, -0.05) is 19.7 Å². The molecular formula is C14H16O7. The molecule has 0 aromatic heterocycles. The van der Waals surface area contributed by atoms with Gasteiger partial charge in [-0.3, -0.25) is 0 Å². The van der Waals surface area contributed by atoms with Gasteiger partial charge in [-0.15, -0.1) is 0 Å². The van der Waals surface area contributed by atoms with Gasteiger partial charge in [0.25, 0.3) is 0 Å². The molecule has 21 heavy (non-hydrogen) atoms. The summed E-state index contributed by atoms with van der Waals surface area (Å²) in [6, 6.07) is 0.